The molecule has 0 radical (unpaired) electrons. The van der Waals surface area contributed by atoms with Gasteiger partial charge in [0.05, 0.1) is 26.9 Å². The first kappa shape index (κ1) is 23.9. The van der Waals surface area contributed by atoms with E-state index in [1.165, 1.54) is 7.11 Å². The van der Waals surface area contributed by atoms with E-state index < -0.39 is 23.6 Å². The van der Waals surface area contributed by atoms with Crippen LogP contribution in [0.3, 0.4) is 0 Å². The highest BCUT2D eigenvalue weighted by Gasteiger charge is 2.30. The van der Waals surface area contributed by atoms with Crippen LogP contribution in [-0.2, 0) is 32.2 Å². The summed E-state index contributed by atoms with van der Waals surface area (Å²) in [6.07, 6.45) is 3.32. The minimum Gasteiger partial charge on any atom is -0.467 e. The van der Waals surface area contributed by atoms with E-state index in [4.69, 9.17) is 23.7 Å². The van der Waals surface area contributed by atoms with Gasteiger partial charge in [-0.1, -0.05) is 24.3 Å². The number of para-hydroxylation sites is 2. The van der Waals surface area contributed by atoms with Crippen molar-refractivity contribution >= 4 is 18.4 Å². The molecular weight excluding hydrogens is 436 g/mol. The number of hydrogen-bond donors (Lipinski definition) is 0. The molecule has 2 aromatic carbocycles. The second-order valence-corrected chi connectivity index (χ2v) is 9.06. The minimum absolute atomic E-state index is 0.122. The van der Waals surface area contributed by atoms with Crippen LogP contribution in [0.1, 0.15) is 49.9 Å². The Bertz CT molecular complexity index is 1120. The normalized spacial score (nSPS) is 19.1. The van der Waals surface area contributed by atoms with Gasteiger partial charge in [0, 0.05) is 62.4 Å². The molecule has 4 rings (SSSR count). The van der Waals surface area contributed by atoms with Crippen LogP contribution in [-0.4, -0.2) is 49.7 Å². The number of methoxy groups -OCH3 is 1. The zero-order chi connectivity index (χ0) is 24.3. The highest BCUT2D eigenvalue weighted by molar-refractivity contribution is 5.88. The maximum atomic E-state index is 12.4. The molecule has 1 unspecified atom stereocenters. The number of carbonyl (C=O) groups is 1. The van der Waals surface area contributed by atoms with Gasteiger partial charge < -0.3 is 23.7 Å². The molecule has 2 aliphatic rings. The maximum absolute atomic E-state index is 12.4. The van der Waals surface area contributed by atoms with Crippen LogP contribution in [0.4, 0.5) is 0 Å². The van der Waals surface area contributed by atoms with Crippen molar-refractivity contribution in [3.63, 3.8) is 0 Å². The van der Waals surface area contributed by atoms with Gasteiger partial charge in [-0.2, -0.15) is 0 Å². The average Bonchev–Trinajstić information content (AvgIpc) is 2.80. The molecule has 0 saturated carbocycles. The van der Waals surface area contributed by atoms with Gasteiger partial charge in [-0.15, -0.1) is 0 Å². The molecule has 2 heterocycles. The quantitative estimate of drug-likeness (QED) is 0.471. The Morgan fingerprint density at radius 3 is 2.00 bits per heavy atom. The zero-order valence-corrected chi connectivity index (χ0v) is 20.2. The summed E-state index contributed by atoms with van der Waals surface area (Å²) in [5, 5.41) is 0. The van der Waals surface area contributed by atoms with Crippen LogP contribution in [0.5, 0.6) is 11.5 Å². The lowest BCUT2D eigenvalue weighted by atomic mass is 10.1. The summed E-state index contributed by atoms with van der Waals surface area (Å²) in [7, 11) is 1.34. The fourth-order valence-corrected chi connectivity index (χ4v) is 3.68. The van der Waals surface area contributed by atoms with Gasteiger partial charge in [-0.25, -0.2) is 4.79 Å². The van der Waals surface area contributed by atoms with Crippen molar-refractivity contribution in [3.05, 3.63) is 58.7 Å². The van der Waals surface area contributed by atoms with Crippen molar-refractivity contribution in [2.45, 2.75) is 58.5 Å². The van der Waals surface area contributed by atoms with Gasteiger partial charge in [-0.05, 0) is 12.1 Å². The molecule has 8 heteroatoms. The van der Waals surface area contributed by atoms with Crippen LogP contribution in [0.2, 0.25) is 0 Å². The molecule has 2 aromatic rings. The number of nitrogens with zero attached hydrogens (tertiary/aromatic N) is 2. The third kappa shape index (κ3) is 5.46. The Balaban J connectivity index is 1.53. The van der Waals surface area contributed by atoms with E-state index in [0.717, 1.165) is 28.0 Å². The van der Waals surface area contributed by atoms with E-state index >= 15 is 0 Å². The molecule has 1 atom stereocenters. The van der Waals surface area contributed by atoms with Crippen molar-refractivity contribution in [3.8, 4) is 11.5 Å². The molecule has 0 aliphatic carbocycles. The predicted octanol–water partition coefficient (Wildman–Crippen LogP) is 4.06. The third-order valence-corrected chi connectivity index (χ3v) is 5.48. The number of ether oxygens (including phenoxy) is 5. The van der Waals surface area contributed by atoms with E-state index in [9.17, 15) is 4.79 Å². The molecule has 0 aromatic heterocycles. The molecule has 180 valence electrons. The second kappa shape index (κ2) is 9.56. The summed E-state index contributed by atoms with van der Waals surface area (Å²) in [5.74, 6) is -0.485. The molecule has 34 heavy (non-hydrogen) atoms. The van der Waals surface area contributed by atoms with Crippen molar-refractivity contribution < 1.29 is 28.5 Å². The number of benzene rings is 2. The van der Waals surface area contributed by atoms with E-state index in [0.29, 0.717) is 19.0 Å². The molecule has 8 nitrogen and oxygen atoms in total. The van der Waals surface area contributed by atoms with E-state index in [2.05, 4.69) is 9.98 Å². The van der Waals surface area contributed by atoms with E-state index in [-0.39, 0.29) is 6.54 Å². The van der Waals surface area contributed by atoms with Crippen LogP contribution < -0.4 is 9.47 Å². The Hall–Kier alpha value is -3.23. The van der Waals surface area contributed by atoms with Gasteiger partial charge in [0.2, 0.25) is 11.6 Å². The smallest absolute Gasteiger partial charge is 0.332 e. The summed E-state index contributed by atoms with van der Waals surface area (Å²) in [6, 6.07) is 10.7. The molecule has 0 saturated heterocycles. The number of fused-ring (bicyclic) bond motifs is 2. The fraction of sp³-hybridized carbons (Fsp3) is 0.423. The van der Waals surface area contributed by atoms with Gasteiger partial charge in [0.15, 0.2) is 6.04 Å². The van der Waals surface area contributed by atoms with Gasteiger partial charge in [-0.3, -0.25) is 9.98 Å². The number of esters is 1. The topological polar surface area (TPSA) is 87.9 Å². The lowest BCUT2D eigenvalue weighted by molar-refractivity contribution is -0.180. The van der Waals surface area contributed by atoms with Crippen molar-refractivity contribution in [1.29, 1.82) is 0 Å². The fourth-order valence-electron chi connectivity index (χ4n) is 3.68. The monoisotopic (exact) mass is 466 g/mol. The first-order valence-corrected chi connectivity index (χ1v) is 11.2. The molecule has 0 fully saturated rings. The Labute approximate surface area is 199 Å². The van der Waals surface area contributed by atoms with Gasteiger partial charge in [0.1, 0.15) is 11.5 Å². The summed E-state index contributed by atoms with van der Waals surface area (Å²) in [4.78, 5) is 21.3. The molecular formula is C26H30N2O6. The SMILES string of the molecule is COC(=O)C(CN=Cc1cccc2c1OC(C)(C)OC2)N=Cc1cccc2c1OC(C)(C)OC2. The third-order valence-electron chi connectivity index (χ3n) is 5.48. The number of rotatable bonds is 6. The largest absolute Gasteiger partial charge is 0.467 e. The zero-order valence-electron chi connectivity index (χ0n) is 20.2. The van der Waals surface area contributed by atoms with Crippen molar-refractivity contribution in [1.82, 2.24) is 0 Å². The highest BCUT2D eigenvalue weighted by Crippen LogP contribution is 2.34. The number of hydrogen-bond acceptors (Lipinski definition) is 8. The summed E-state index contributed by atoms with van der Waals surface area (Å²) < 4.78 is 28.3. The standard InChI is InChI=1S/C26H30N2O6/c1-25(2)31-15-19-10-6-8-17(22(19)33-25)12-27-14-21(24(29)30-5)28-13-18-9-7-11-20-16-32-26(3,4)34-23(18)20/h6-13,21H,14-16H2,1-5H3. The van der Waals surface area contributed by atoms with Crippen LogP contribution in [0.25, 0.3) is 0 Å². The lowest BCUT2D eigenvalue weighted by Gasteiger charge is -2.33. The minimum atomic E-state index is -0.801. The van der Waals surface area contributed by atoms with E-state index in [1.54, 1.807) is 12.4 Å². The highest BCUT2D eigenvalue weighted by atomic mass is 16.7. The summed E-state index contributed by atoms with van der Waals surface area (Å²) >= 11 is 0. The van der Waals surface area contributed by atoms with Crippen molar-refractivity contribution in [2.75, 3.05) is 13.7 Å². The molecule has 2 aliphatic heterocycles. The summed E-state index contributed by atoms with van der Waals surface area (Å²) in [5.41, 5.74) is 3.46. The Kier molecular flexibility index (Phi) is 6.72. The number of carbonyl (C=O) groups excluding carboxylic acids is 1. The van der Waals surface area contributed by atoms with Crippen LogP contribution in [0.15, 0.2) is 46.4 Å². The molecule has 0 bridgehead atoms. The molecule has 0 amide bonds. The van der Waals surface area contributed by atoms with Gasteiger partial charge in [0.25, 0.3) is 0 Å². The van der Waals surface area contributed by atoms with Gasteiger partial charge >= 0.3 is 5.97 Å². The average molecular weight is 467 g/mol. The maximum Gasteiger partial charge on any atom is 0.332 e. The summed E-state index contributed by atoms with van der Waals surface area (Å²) in [6.45, 7) is 8.47. The first-order valence-electron chi connectivity index (χ1n) is 11.2. The number of aliphatic imine (C=N–C) groups is 2. The first-order chi connectivity index (χ1) is 16.2. The van der Waals surface area contributed by atoms with E-state index in [1.807, 2.05) is 64.1 Å². The lowest BCUT2D eigenvalue weighted by Crippen LogP contribution is -2.35. The van der Waals surface area contributed by atoms with Crippen LogP contribution in [0, 0.1) is 0 Å². The molecule has 0 N–H and O–H groups in total. The molecule has 0 spiro atoms. The Morgan fingerprint density at radius 2 is 1.47 bits per heavy atom. The Morgan fingerprint density at radius 1 is 0.941 bits per heavy atom. The second-order valence-electron chi connectivity index (χ2n) is 9.06. The van der Waals surface area contributed by atoms with Crippen molar-refractivity contribution in [2.24, 2.45) is 9.98 Å². The van der Waals surface area contributed by atoms with Crippen LogP contribution >= 0.6 is 0 Å². The predicted molar refractivity (Wildman–Crippen MR) is 128 cm³/mol.